The highest BCUT2D eigenvalue weighted by molar-refractivity contribution is 6.32. The highest BCUT2D eigenvalue weighted by atomic mass is 35.5. The topological polar surface area (TPSA) is 88.3 Å². The number of ether oxygens (including phenoxy) is 2. The predicted molar refractivity (Wildman–Crippen MR) is 104 cm³/mol. The molecule has 1 aliphatic rings. The van der Waals surface area contributed by atoms with Gasteiger partial charge in [0.2, 0.25) is 0 Å². The van der Waals surface area contributed by atoms with Crippen molar-refractivity contribution in [1.29, 1.82) is 0 Å². The zero-order valence-electron chi connectivity index (χ0n) is 15.6. The first-order valence-corrected chi connectivity index (χ1v) is 9.08. The maximum absolute atomic E-state index is 10.6. The van der Waals surface area contributed by atoms with Crippen molar-refractivity contribution < 1.29 is 19.0 Å². The van der Waals surface area contributed by atoms with Crippen molar-refractivity contribution in [3.63, 3.8) is 0 Å². The van der Waals surface area contributed by atoms with Crippen LogP contribution in [-0.4, -0.2) is 37.9 Å². The van der Waals surface area contributed by atoms with Crippen LogP contribution in [0.4, 0.5) is 0 Å². The lowest BCUT2D eigenvalue weighted by Gasteiger charge is -2.23. The summed E-state index contributed by atoms with van der Waals surface area (Å²) in [5.41, 5.74) is -0.229. The first-order chi connectivity index (χ1) is 12.9. The van der Waals surface area contributed by atoms with Gasteiger partial charge in [0.1, 0.15) is 30.3 Å². The number of benzene rings is 1. The average Bonchev–Trinajstić information content (AvgIpc) is 3.09. The smallest absolute Gasteiger partial charge is 0.191 e. The fourth-order valence-corrected chi connectivity index (χ4v) is 3.03. The molecule has 2 aromatic rings. The summed E-state index contributed by atoms with van der Waals surface area (Å²) in [6, 6.07) is 7.31. The second-order valence-corrected chi connectivity index (χ2v) is 6.97. The summed E-state index contributed by atoms with van der Waals surface area (Å²) in [6.45, 7) is 5.25. The van der Waals surface area contributed by atoms with Crippen molar-refractivity contribution >= 4 is 17.6 Å². The number of nitrogens with zero attached hydrogens (tertiary/aromatic N) is 1. The molecule has 8 heteroatoms. The standard InChI is InChI=1S/C19H24ClN3O4/c1-12-4-5-16(27-12)19(2,24)11-23-18(21-3)22-10-13-8-14(20)17-15(9-13)25-6-7-26-17/h4-5,8-9,24H,6-7,10-11H2,1-3H3,(H2,21,22,23). The molecule has 0 fully saturated rings. The molecule has 0 saturated heterocycles. The number of fused-ring (bicyclic) bond motifs is 1. The van der Waals surface area contributed by atoms with Crippen LogP contribution in [-0.2, 0) is 12.1 Å². The van der Waals surface area contributed by atoms with E-state index in [2.05, 4.69) is 15.6 Å². The second kappa shape index (κ2) is 8.10. The lowest BCUT2D eigenvalue weighted by atomic mass is 10.0. The van der Waals surface area contributed by atoms with E-state index in [1.165, 1.54) is 0 Å². The summed E-state index contributed by atoms with van der Waals surface area (Å²) < 4.78 is 16.6. The number of rotatable bonds is 5. The molecule has 0 aliphatic carbocycles. The van der Waals surface area contributed by atoms with Gasteiger partial charge in [0, 0.05) is 13.6 Å². The van der Waals surface area contributed by atoms with Crippen LogP contribution in [0, 0.1) is 6.92 Å². The Kier molecular flexibility index (Phi) is 5.82. The molecule has 146 valence electrons. The van der Waals surface area contributed by atoms with Gasteiger partial charge in [0.15, 0.2) is 17.5 Å². The number of aliphatic hydroxyl groups is 1. The Balaban J connectivity index is 1.59. The molecule has 3 N–H and O–H groups in total. The molecule has 0 amide bonds. The Morgan fingerprint density at radius 3 is 2.74 bits per heavy atom. The van der Waals surface area contributed by atoms with Crippen molar-refractivity contribution in [3.8, 4) is 11.5 Å². The minimum absolute atomic E-state index is 0.238. The summed E-state index contributed by atoms with van der Waals surface area (Å²) in [6.07, 6.45) is 0. The van der Waals surface area contributed by atoms with Gasteiger partial charge in [-0.05, 0) is 43.7 Å². The van der Waals surface area contributed by atoms with E-state index in [1.807, 2.05) is 25.1 Å². The fraction of sp³-hybridized carbons (Fsp3) is 0.421. The summed E-state index contributed by atoms with van der Waals surface area (Å²) >= 11 is 6.27. The molecule has 0 saturated carbocycles. The fourth-order valence-electron chi connectivity index (χ4n) is 2.74. The first kappa shape index (κ1) is 19.4. The molecule has 27 heavy (non-hydrogen) atoms. The molecule has 7 nitrogen and oxygen atoms in total. The van der Waals surface area contributed by atoms with Crippen molar-refractivity contribution in [1.82, 2.24) is 10.6 Å². The van der Waals surface area contributed by atoms with Crippen molar-refractivity contribution in [2.75, 3.05) is 26.8 Å². The summed E-state index contributed by atoms with van der Waals surface area (Å²) in [7, 11) is 1.66. The quantitative estimate of drug-likeness (QED) is 0.534. The van der Waals surface area contributed by atoms with Crippen molar-refractivity contribution in [3.05, 3.63) is 46.4 Å². The molecular weight excluding hydrogens is 370 g/mol. The number of hydrogen-bond donors (Lipinski definition) is 3. The van der Waals surface area contributed by atoms with Gasteiger partial charge < -0.3 is 29.6 Å². The lowest BCUT2D eigenvalue weighted by Crippen LogP contribution is -2.44. The van der Waals surface area contributed by atoms with E-state index in [4.69, 9.17) is 25.5 Å². The Hall–Kier alpha value is -2.38. The third-order valence-corrected chi connectivity index (χ3v) is 4.49. The van der Waals surface area contributed by atoms with Gasteiger partial charge in [0.05, 0.1) is 11.6 Å². The SMILES string of the molecule is CN=C(NCc1cc(Cl)c2c(c1)OCCO2)NCC(C)(O)c1ccc(C)o1. The van der Waals surface area contributed by atoms with E-state index >= 15 is 0 Å². The van der Waals surface area contributed by atoms with E-state index in [0.29, 0.717) is 48.0 Å². The molecule has 2 heterocycles. The summed E-state index contributed by atoms with van der Waals surface area (Å²) in [5.74, 6) is 3.03. The predicted octanol–water partition coefficient (Wildman–Crippen LogP) is 2.59. The van der Waals surface area contributed by atoms with E-state index in [1.54, 1.807) is 20.0 Å². The third-order valence-electron chi connectivity index (χ3n) is 4.21. The molecule has 3 rings (SSSR count). The van der Waals surface area contributed by atoms with Gasteiger partial charge in [-0.25, -0.2) is 0 Å². The Morgan fingerprint density at radius 2 is 2.04 bits per heavy atom. The molecule has 0 radical (unpaired) electrons. The Labute approximate surface area is 163 Å². The largest absolute Gasteiger partial charge is 0.486 e. The van der Waals surface area contributed by atoms with Crippen LogP contribution in [0.3, 0.4) is 0 Å². The monoisotopic (exact) mass is 393 g/mol. The average molecular weight is 394 g/mol. The number of halogens is 1. The van der Waals surface area contributed by atoms with Crippen LogP contribution < -0.4 is 20.1 Å². The Bertz CT molecular complexity index is 832. The zero-order chi connectivity index (χ0) is 19.4. The number of aliphatic imine (C=N–C) groups is 1. The molecule has 1 aliphatic heterocycles. The lowest BCUT2D eigenvalue weighted by molar-refractivity contribution is 0.0378. The van der Waals surface area contributed by atoms with Gasteiger partial charge in [0.25, 0.3) is 0 Å². The van der Waals surface area contributed by atoms with Crippen LogP contribution in [0.1, 0.15) is 24.0 Å². The maximum atomic E-state index is 10.6. The van der Waals surface area contributed by atoms with Gasteiger partial charge in [-0.2, -0.15) is 0 Å². The maximum Gasteiger partial charge on any atom is 0.191 e. The minimum atomic E-state index is -1.16. The van der Waals surface area contributed by atoms with E-state index in [0.717, 1.165) is 11.3 Å². The normalized spacial score (nSPS) is 16.0. The van der Waals surface area contributed by atoms with Crippen LogP contribution in [0.25, 0.3) is 0 Å². The first-order valence-electron chi connectivity index (χ1n) is 8.71. The van der Waals surface area contributed by atoms with Crippen LogP contribution in [0.5, 0.6) is 11.5 Å². The molecule has 1 aromatic carbocycles. The minimum Gasteiger partial charge on any atom is -0.486 e. The molecule has 0 bridgehead atoms. The van der Waals surface area contributed by atoms with Crippen LogP contribution in [0.2, 0.25) is 5.02 Å². The zero-order valence-corrected chi connectivity index (χ0v) is 16.4. The van der Waals surface area contributed by atoms with E-state index in [9.17, 15) is 5.11 Å². The van der Waals surface area contributed by atoms with Gasteiger partial charge >= 0.3 is 0 Å². The number of nitrogens with one attached hydrogen (secondary N) is 2. The van der Waals surface area contributed by atoms with E-state index in [-0.39, 0.29) is 6.54 Å². The number of hydrogen-bond acceptors (Lipinski definition) is 5. The number of furan rings is 1. The van der Waals surface area contributed by atoms with Gasteiger partial charge in [-0.3, -0.25) is 4.99 Å². The Morgan fingerprint density at radius 1 is 1.26 bits per heavy atom. The third kappa shape index (κ3) is 4.67. The highest BCUT2D eigenvalue weighted by Gasteiger charge is 2.27. The van der Waals surface area contributed by atoms with E-state index < -0.39 is 5.60 Å². The molecule has 1 unspecified atom stereocenters. The van der Waals surface area contributed by atoms with Crippen molar-refractivity contribution in [2.45, 2.75) is 26.0 Å². The van der Waals surface area contributed by atoms with Gasteiger partial charge in [-0.1, -0.05) is 11.6 Å². The molecule has 1 atom stereocenters. The highest BCUT2D eigenvalue weighted by Crippen LogP contribution is 2.38. The number of aryl methyl sites for hydroxylation is 1. The van der Waals surface area contributed by atoms with Crippen LogP contribution >= 0.6 is 11.6 Å². The molecule has 0 spiro atoms. The molecule has 1 aromatic heterocycles. The second-order valence-electron chi connectivity index (χ2n) is 6.57. The van der Waals surface area contributed by atoms with Crippen LogP contribution in [0.15, 0.2) is 33.7 Å². The summed E-state index contributed by atoms with van der Waals surface area (Å²) in [4.78, 5) is 4.18. The van der Waals surface area contributed by atoms with Gasteiger partial charge in [-0.15, -0.1) is 0 Å². The molecular formula is C19H24ClN3O4. The number of guanidine groups is 1. The summed E-state index contributed by atoms with van der Waals surface area (Å²) in [5, 5.41) is 17.4. The van der Waals surface area contributed by atoms with Crippen molar-refractivity contribution in [2.24, 2.45) is 4.99 Å².